The minimum atomic E-state index is -0.247. The van der Waals surface area contributed by atoms with E-state index in [1.54, 1.807) is 14.2 Å². The summed E-state index contributed by atoms with van der Waals surface area (Å²) in [7, 11) is 3.27. The van der Waals surface area contributed by atoms with Gasteiger partial charge in [-0.2, -0.15) is 0 Å². The van der Waals surface area contributed by atoms with Gasteiger partial charge in [0.15, 0.2) is 0 Å². The molecule has 0 heterocycles. The lowest BCUT2D eigenvalue weighted by Crippen LogP contribution is -2.16. The first kappa shape index (κ1) is 15.9. The number of hydrogen-bond acceptors (Lipinski definition) is 3. The molecular formula is C17H20BrNO2. The van der Waals surface area contributed by atoms with Crippen LogP contribution in [0.4, 0.5) is 0 Å². The van der Waals surface area contributed by atoms with E-state index in [0.717, 1.165) is 21.3 Å². The molecule has 2 aromatic carbocycles. The monoisotopic (exact) mass is 349 g/mol. The fourth-order valence-electron chi connectivity index (χ4n) is 2.64. The summed E-state index contributed by atoms with van der Waals surface area (Å²) in [6.45, 7) is 4.15. The zero-order valence-electron chi connectivity index (χ0n) is 12.7. The highest BCUT2D eigenvalue weighted by atomic mass is 79.9. The quantitative estimate of drug-likeness (QED) is 0.902. The molecule has 2 aromatic rings. The Hall–Kier alpha value is -1.52. The van der Waals surface area contributed by atoms with Crippen molar-refractivity contribution in [3.05, 3.63) is 57.1 Å². The van der Waals surface area contributed by atoms with Crippen molar-refractivity contribution >= 4 is 15.9 Å². The van der Waals surface area contributed by atoms with Gasteiger partial charge >= 0.3 is 0 Å². The topological polar surface area (TPSA) is 44.5 Å². The third-order valence-electron chi connectivity index (χ3n) is 3.70. The largest absolute Gasteiger partial charge is 0.495 e. The molecule has 0 aliphatic carbocycles. The van der Waals surface area contributed by atoms with Crippen molar-refractivity contribution in [2.45, 2.75) is 19.9 Å². The van der Waals surface area contributed by atoms with Crippen LogP contribution in [0.2, 0.25) is 0 Å². The molecule has 0 amide bonds. The van der Waals surface area contributed by atoms with Crippen LogP contribution >= 0.6 is 15.9 Å². The van der Waals surface area contributed by atoms with Crippen LogP contribution in [-0.2, 0) is 0 Å². The molecular weight excluding hydrogens is 330 g/mol. The van der Waals surface area contributed by atoms with Gasteiger partial charge in [0.05, 0.1) is 20.3 Å². The Morgan fingerprint density at radius 2 is 1.62 bits per heavy atom. The summed E-state index contributed by atoms with van der Waals surface area (Å²) in [5.74, 6) is 1.44. The minimum Gasteiger partial charge on any atom is -0.495 e. The number of halogens is 1. The maximum Gasteiger partial charge on any atom is 0.141 e. The van der Waals surface area contributed by atoms with Crippen LogP contribution in [0.3, 0.4) is 0 Å². The zero-order chi connectivity index (χ0) is 15.6. The van der Waals surface area contributed by atoms with Crippen molar-refractivity contribution in [3.63, 3.8) is 0 Å². The molecule has 112 valence electrons. The summed E-state index contributed by atoms with van der Waals surface area (Å²) in [6, 6.07) is 9.81. The Balaban J connectivity index is 2.59. The van der Waals surface area contributed by atoms with Crippen LogP contribution in [0.1, 0.15) is 28.3 Å². The molecule has 0 spiro atoms. The van der Waals surface area contributed by atoms with Gasteiger partial charge in [-0.1, -0.05) is 18.2 Å². The number of hydrogen-bond donors (Lipinski definition) is 1. The van der Waals surface area contributed by atoms with Crippen LogP contribution in [0.25, 0.3) is 0 Å². The molecule has 0 aliphatic rings. The molecule has 2 rings (SSSR count). The first-order valence-corrected chi connectivity index (χ1v) is 7.52. The van der Waals surface area contributed by atoms with E-state index in [1.165, 1.54) is 11.1 Å². The molecule has 1 unspecified atom stereocenters. The van der Waals surface area contributed by atoms with E-state index in [9.17, 15) is 0 Å². The molecule has 0 fully saturated rings. The Bertz CT molecular complexity index is 635. The summed E-state index contributed by atoms with van der Waals surface area (Å²) in [4.78, 5) is 0. The van der Waals surface area contributed by atoms with Gasteiger partial charge in [-0.15, -0.1) is 0 Å². The van der Waals surface area contributed by atoms with Crippen molar-refractivity contribution < 1.29 is 9.47 Å². The second-order valence-electron chi connectivity index (χ2n) is 4.99. The second kappa shape index (κ2) is 6.50. The van der Waals surface area contributed by atoms with Crippen LogP contribution < -0.4 is 15.2 Å². The van der Waals surface area contributed by atoms with E-state index >= 15 is 0 Å². The average Bonchev–Trinajstić information content (AvgIpc) is 2.46. The lowest BCUT2D eigenvalue weighted by Gasteiger charge is -2.21. The fourth-order valence-corrected chi connectivity index (χ4v) is 3.32. The first-order valence-electron chi connectivity index (χ1n) is 6.73. The van der Waals surface area contributed by atoms with Crippen molar-refractivity contribution in [1.29, 1.82) is 0 Å². The minimum absolute atomic E-state index is 0.247. The summed E-state index contributed by atoms with van der Waals surface area (Å²) >= 11 is 3.52. The third kappa shape index (κ3) is 2.92. The Morgan fingerprint density at radius 1 is 1.00 bits per heavy atom. The molecule has 4 heteroatoms. The SMILES string of the molecule is COc1ccc(C(N)c2c(C)cccc2C)c(OC)c1Br. The number of methoxy groups -OCH3 is 2. The summed E-state index contributed by atoms with van der Waals surface area (Å²) in [5.41, 5.74) is 10.9. The maximum absolute atomic E-state index is 6.51. The van der Waals surface area contributed by atoms with Gasteiger partial charge in [-0.05, 0) is 58.6 Å². The van der Waals surface area contributed by atoms with Crippen LogP contribution in [0, 0.1) is 13.8 Å². The smallest absolute Gasteiger partial charge is 0.141 e. The highest BCUT2D eigenvalue weighted by Crippen LogP contribution is 2.41. The highest BCUT2D eigenvalue weighted by Gasteiger charge is 2.21. The van der Waals surface area contributed by atoms with Crippen LogP contribution in [-0.4, -0.2) is 14.2 Å². The van der Waals surface area contributed by atoms with Crippen molar-refractivity contribution in [2.24, 2.45) is 5.73 Å². The van der Waals surface area contributed by atoms with E-state index in [2.05, 4.69) is 41.9 Å². The number of rotatable bonds is 4. The lowest BCUT2D eigenvalue weighted by atomic mass is 9.91. The molecule has 0 radical (unpaired) electrons. The Kier molecular flexibility index (Phi) is 4.91. The van der Waals surface area contributed by atoms with Gasteiger partial charge in [0, 0.05) is 5.56 Å². The third-order valence-corrected chi connectivity index (χ3v) is 4.46. The predicted molar refractivity (Wildman–Crippen MR) is 89.2 cm³/mol. The first-order chi connectivity index (χ1) is 10.0. The molecule has 0 bridgehead atoms. The number of nitrogens with two attached hydrogens (primary N) is 1. The van der Waals surface area contributed by atoms with Gasteiger partial charge in [-0.3, -0.25) is 0 Å². The molecule has 0 aromatic heterocycles. The predicted octanol–water partition coefficient (Wildman–Crippen LogP) is 4.13. The van der Waals surface area contributed by atoms with Gasteiger partial charge in [-0.25, -0.2) is 0 Å². The number of aryl methyl sites for hydroxylation is 2. The highest BCUT2D eigenvalue weighted by molar-refractivity contribution is 9.10. The van der Waals surface area contributed by atoms with E-state index in [0.29, 0.717) is 5.75 Å². The second-order valence-corrected chi connectivity index (χ2v) is 5.78. The molecule has 0 saturated heterocycles. The fraction of sp³-hybridized carbons (Fsp3) is 0.294. The normalized spacial score (nSPS) is 12.1. The van der Waals surface area contributed by atoms with E-state index < -0.39 is 0 Å². The van der Waals surface area contributed by atoms with Crippen LogP contribution in [0.15, 0.2) is 34.8 Å². The van der Waals surface area contributed by atoms with Gasteiger partial charge in [0.25, 0.3) is 0 Å². The van der Waals surface area contributed by atoms with Gasteiger partial charge in [0.2, 0.25) is 0 Å². The van der Waals surface area contributed by atoms with Crippen molar-refractivity contribution in [2.75, 3.05) is 14.2 Å². The maximum atomic E-state index is 6.51. The zero-order valence-corrected chi connectivity index (χ0v) is 14.3. The molecule has 2 N–H and O–H groups in total. The van der Waals surface area contributed by atoms with E-state index in [1.807, 2.05) is 18.2 Å². The van der Waals surface area contributed by atoms with Crippen LogP contribution in [0.5, 0.6) is 11.5 Å². The molecule has 0 saturated carbocycles. The van der Waals surface area contributed by atoms with E-state index in [-0.39, 0.29) is 6.04 Å². The van der Waals surface area contributed by atoms with Gasteiger partial charge < -0.3 is 15.2 Å². The number of benzene rings is 2. The summed E-state index contributed by atoms with van der Waals surface area (Å²) < 4.78 is 11.6. The molecule has 3 nitrogen and oxygen atoms in total. The number of ether oxygens (including phenoxy) is 2. The molecule has 0 aliphatic heterocycles. The Morgan fingerprint density at radius 3 is 2.14 bits per heavy atom. The summed E-state index contributed by atoms with van der Waals surface area (Å²) in [5, 5.41) is 0. The van der Waals surface area contributed by atoms with Crippen molar-refractivity contribution in [1.82, 2.24) is 0 Å². The standard InChI is InChI=1S/C17H20BrNO2/c1-10-6-5-7-11(2)14(10)16(19)12-8-9-13(20-3)15(18)17(12)21-4/h5-9,16H,19H2,1-4H3. The lowest BCUT2D eigenvalue weighted by molar-refractivity contribution is 0.385. The molecule has 21 heavy (non-hydrogen) atoms. The summed E-state index contributed by atoms with van der Waals surface area (Å²) in [6.07, 6.45) is 0. The van der Waals surface area contributed by atoms with Crippen molar-refractivity contribution in [3.8, 4) is 11.5 Å². The Labute approximate surface area is 134 Å². The average molecular weight is 350 g/mol. The van der Waals surface area contributed by atoms with E-state index in [4.69, 9.17) is 15.2 Å². The molecule has 1 atom stereocenters. The van der Waals surface area contributed by atoms with Gasteiger partial charge in [0.1, 0.15) is 16.0 Å².